The lowest BCUT2D eigenvalue weighted by Crippen LogP contribution is -1.90. The lowest BCUT2D eigenvalue weighted by molar-refractivity contribution is 0.282. The van der Waals surface area contributed by atoms with E-state index in [1.54, 1.807) is 18.0 Å². The van der Waals surface area contributed by atoms with Crippen molar-refractivity contribution in [2.24, 2.45) is 0 Å². The molecule has 17 heavy (non-hydrogen) atoms. The lowest BCUT2D eigenvalue weighted by Gasteiger charge is -2.03. The summed E-state index contributed by atoms with van der Waals surface area (Å²) in [7, 11) is 0. The van der Waals surface area contributed by atoms with Gasteiger partial charge in [-0.3, -0.25) is 0 Å². The number of pyridine rings is 1. The van der Waals surface area contributed by atoms with Crippen LogP contribution in [0.25, 0.3) is 0 Å². The number of thioether (sulfide) groups is 1. The van der Waals surface area contributed by atoms with Gasteiger partial charge in [0.15, 0.2) is 0 Å². The van der Waals surface area contributed by atoms with Gasteiger partial charge >= 0.3 is 0 Å². The molecule has 0 unspecified atom stereocenters. The molecule has 3 nitrogen and oxygen atoms in total. The first-order valence-corrected chi connectivity index (χ1v) is 6.29. The average molecular weight is 246 g/mol. The van der Waals surface area contributed by atoms with Crippen LogP contribution in [0.2, 0.25) is 0 Å². The quantitative estimate of drug-likeness (QED) is 0.814. The molecule has 0 aliphatic carbocycles. The topological polar surface area (TPSA) is 59.1 Å². The zero-order chi connectivity index (χ0) is 12.1. The number of aliphatic hydroxyl groups is 1. The molecule has 0 aliphatic heterocycles. The van der Waals surface area contributed by atoms with Gasteiger partial charge in [0, 0.05) is 16.8 Å². The number of hydrogen-bond acceptors (Lipinski definition) is 4. The third-order valence-corrected chi connectivity index (χ3v) is 3.44. The van der Waals surface area contributed by atoms with Crippen molar-refractivity contribution in [2.75, 3.05) is 5.73 Å². The molecular weight excluding hydrogens is 232 g/mol. The van der Waals surface area contributed by atoms with E-state index in [0.29, 0.717) is 5.82 Å². The summed E-state index contributed by atoms with van der Waals surface area (Å²) in [6, 6.07) is 11.7. The van der Waals surface area contributed by atoms with E-state index in [2.05, 4.69) is 4.98 Å². The zero-order valence-electron chi connectivity index (χ0n) is 9.34. The van der Waals surface area contributed by atoms with Crippen molar-refractivity contribution in [3.63, 3.8) is 0 Å². The summed E-state index contributed by atoms with van der Waals surface area (Å²) in [4.78, 5) is 5.23. The Balaban J connectivity index is 1.95. The molecule has 2 aromatic rings. The fourth-order valence-corrected chi connectivity index (χ4v) is 2.21. The van der Waals surface area contributed by atoms with Crippen LogP contribution in [0.4, 0.5) is 5.82 Å². The van der Waals surface area contributed by atoms with Crippen LogP contribution in [0.5, 0.6) is 0 Å². The highest BCUT2D eigenvalue weighted by Crippen LogP contribution is 2.22. The van der Waals surface area contributed by atoms with Crippen LogP contribution in [0.15, 0.2) is 47.5 Å². The summed E-state index contributed by atoms with van der Waals surface area (Å²) in [5, 5.41) is 8.94. The molecule has 0 fully saturated rings. The molecule has 0 aliphatic rings. The molecule has 0 amide bonds. The first-order chi connectivity index (χ1) is 8.28. The van der Waals surface area contributed by atoms with Crippen molar-refractivity contribution < 1.29 is 5.11 Å². The molecule has 0 bridgehead atoms. The van der Waals surface area contributed by atoms with Gasteiger partial charge in [-0.1, -0.05) is 18.2 Å². The molecule has 0 radical (unpaired) electrons. The summed E-state index contributed by atoms with van der Waals surface area (Å²) in [6.45, 7) is 0.0901. The van der Waals surface area contributed by atoms with Crippen molar-refractivity contribution in [1.82, 2.24) is 4.98 Å². The Kier molecular flexibility index (Phi) is 4.01. The number of benzene rings is 1. The van der Waals surface area contributed by atoms with E-state index in [1.165, 1.54) is 4.90 Å². The van der Waals surface area contributed by atoms with E-state index in [4.69, 9.17) is 10.8 Å². The molecule has 0 spiro atoms. The molecule has 88 valence electrons. The van der Waals surface area contributed by atoms with Gasteiger partial charge in [0.25, 0.3) is 0 Å². The van der Waals surface area contributed by atoms with Crippen LogP contribution in [0.3, 0.4) is 0 Å². The van der Waals surface area contributed by atoms with E-state index in [-0.39, 0.29) is 6.61 Å². The molecule has 0 atom stereocenters. The Labute approximate surface area is 105 Å². The summed E-state index contributed by atoms with van der Waals surface area (Å²) in [5.74, 6) is 1.41. The minimum atomic E-state index is 0.0901. The minimum absolute atomic E-state index is 0.0901. The van der Waals surface area contributed by atoms with Gasteiger partial charge in [-0.25, -0.2) is 4.98 Å². The number of rotatable bonds is 4. The molecule has 3 N–H and O–H groups in total. The summed E-state index contributed by atoms with van der Waals surface area (Å²) >= 11 is 1.74. The fourth-order valence-electron chi connectivity index (χ4n) is 1.38. The van der Waals surface area contributed by atoms with Crippen LogP contribution in [-0.4, -0.2) is 10.1 Å². The van der Waals surface area contributed by atoms with E-state index < -0.39 is 0 Å². The predicted octanol–water partition coefficient (Wildman–Crippen LogP) is 2.45. The van der Waals surface area contributed by atoms with Gasteiger partial charge in [0.05, 0.1) is 6.61 Å². The second-order valence-corrected chi connectivity index (χ2v) is 4.73. The Morgan fingerprint density at radius 2 is 1.76 bits per heavy atom. The Morgan fingerprint density at radius 3 is 2.35 bits per heavy atom. The molecule has 0 saturated heterocycles. The van der Waals surface area contributed by atoms with Crippen molar-refractivity contribution in [1.29, 1.82) is 0 Å². The van der Waals surface area contributed by atoms with Crippen molar-refractivity contribution >= 4 is 17.6 Å². The highest BCUT2D eigenvalue weighted by molar-refractivity contribution is 7.98. The molecule has 4 heteroatoms. The lowest BCUT2D eigenvalue weighted by atomic mass is 10.2. The molecular formula is C13H14N2OS. The van der Waals surface area contributed by atoms with Crippen LogP contribution in [0.1, 0.15) is 11.1 Å². The maximum atomic E-state index is 8.94. The maximum absolute atomic E-state index is 8.94. The normalized spacial score (nSPS) is 10.4. The van der Waals surface area contributed by atoms with Gasteiger partial charge in [0.1, 0.15) is 5.82 Å². The number of nitrogen functional groups attached to an aromatic ring is 1. The summed E-state index contributed by atoms with van der Waals surface area (Å²) < 4.78 is 0. The van der Waals surface area contributed by atoms with E-state index in [1.807, 2.05) is 36.4 Å². The number of aliphatic hydroxyl groups excluding tert-OH is 1. The van der Waals surface area contributed by atoms with Gasteiger partial charge in [-0.2, -0.15) is 0 Å². The van der Waals surface area contributed by atoms with Gasteiger partial charge in [-0.15, -0.1) is 11.8 Å². The number of hydrogen-bond donors (Lipinski definition) is 2. The third kappa shape index (κ3) is 3.47. The Bertz CT molecular complexity index is 468. The monoisotopic (exact) mass is 246 g/mol. The molecule has 2 rings (SSSR count). The van der Waals surface area contributed by atoms with E-state index >= 15 is 0 Å². The van der Waals surface area contributed by atoms with Crippen LogP contribution < -0.4 is 5.73 Å². The zero-order valence-corrected chi connectivity index (χ0v) is 10.2. The first-order valence-electron chi connectivity index (χ1n) is 5.31. The second-order valence-electron chi connectivity index (χ2n) is 3.68. The largest absolute Gasteiger partial charge is 0.392 e. The average Bonchev–Trinajstić information content (AvgIpc) is 2.39. The minimum Gasteiger partial charge on any atom is -0.392 e. The van der Waals surface area contributed by atoms with Crippen molar-refractivity contribution in [2.45, 2.75) is 17.3 Å². The van der Waals surface area contributed by atoms with Crippen LogP contribution in [0, 0.1) is 0 Å². The van der Waals surface area contributed by atoms with Crippen LogP contribution in [-0.2, 0) is 12.4 Å². The number of anilines is 1. The highest BCUT2D eigenvalue weighted by atomic mass is 32.2. The predicted molar refractivity (Wildman–Crippen MR) is 70.6 cm³/mol. The number of nitrogens with two attached hydrogens (primary N) is 1. The van der Waals surface area contributed by atoms with Crippen molar-refractivity contribution in [3.8, 4) is 0 Å². The van der Waals surface area contributed by atoms with Crippen LogP contribution >= 0.6 is 11.8 Å². The standard InChI is InChI=1S/C13H14N2OS/c14-13-6-3-11(7-15-13)9-17-12-4-1-10(8-16)2-5-12/h1-7,16H,8-9H2,(H2,14,15). The van der Waals surface area contributed by atoms with Gasteiger partial charge in [0.2, 0.25) is 0 Å². The molecule has 0 saturated carbocycles. The highest BCUT2D eigenvalue weighted by Gasteiger charge is 1.97. The van der Waals surface area contributed by atoms with E-state index in [0.717, 1.165) is 16.9 Å². The number of aromatic nitrogens is 1. The fraction of sp³-hybridized carbons (Fsp3) is 0.154. The SMILES string of the molecule is Nc1ccc(CSc2ccc(CO)cc2)cn1. The Hall–Kier alpha value is -1.52. The van der Waals surface area contributed by atoms with Gasteiger partial charge < -0.3 is 10.8 Å². The molecule has 1 aromatic carbocycles. The molecule has 1 aromatic heterocycles. The van der Waals surface area contributed by atoms with E-state index in [9.17, 15) is 0 Å². The third-order valence-electron chi connectivity index (χ3n) is 2.36. The van der Waals surface area contributed by atoms with Gasteiger partial charge in [-0.05, 0) is 29.3 Å². The maximum Gasteiger partial charge on any atom is 0.123 e. The van der Waals surface area contributed by atoms with Crippen molar-refractivity contribution in [3.05, 3.63) is 53.7 Å². The molecule has 1 heterocycles. The second kappa shape index (κ2) is 5.70. The summed E-state index contributed by atoms with van der Waals surface area (Å²) in [6.07, 6.45) is 1.80. The Morgan fingerprint density at radius 1 is 1.06 bits per heavy atom. The first kappa shape index (κ1) is 12.0. The smallest absolute Gasteiger partial charge is 0.123 e. The number of nitrogens with zero attached hydrogens (tertiary/aromatic N) is 1. The summed E-state index contributed by atoms with van der Waals surface area (Å²) in [5.41, 5.74) is 7.61.